The van der Waals surface area contributed by atoms with Crippen LogP contribution in [0.4, 0.5) is 5.69 Å². The van der Waals surface area contributed by atoms with Gasteiger partial charge in [0.2, 0.25) is 5.91 Å². The number of hydrogen-bond donors (Lipinski definition) is 2. The first-order valence-corrected chi connectivity index (χ1v) is 6.27. The van der Waals surface area contributed by atoms with Crippen molar-refractivity contribution in [2.45, 2.75) is 25.8 Å². The lowest BCUT2D eigenvalue weighted by molar-refractivity contribution is -0.115. The second-order valence-electron chi connectivity index (χ2n) is 5.13. The van der Waals surface area contributed by atoms with Gasteiger partial charge in [-0.05, 0) is 38.0 Å². The molecule has 1 heterocycles. The first-order chi connectivity index (χ1) is 8.57. The largest absolute Gasteiger partial charge is 0.379 e. The summed E-state index contributed by atoms with van der Waals surface area (Å²) >= 11 is 0. The van der Waals surface area contributed by atoms with Crippen molar-refractivity contribution in [1.29, 1.82) is 0 Å². The lowest BCUT2D eigenvalue weighted by Crippen LogP contribution is -2.46. The van der Waals surface area contributed by atoms with Crippen molar-refractivity contribution < 1.29 is 9.53 Å². The van der Waals surface area contributed by atoms with Crippen LogP contribution >= 0.6 is 0 Å². The van der Waals surface area contributed by atoms with Crippen molar-refractivity contribution in [3.05, 3.63) is 29.8 Å². The molecule has 1 saturated heterocycles. The van der Waals surface area contributed by atoms with Crippen molar-refractivity contribution in [2.75, 3.05) is 25.1 Å². The molecule has 4 nitrogen and oxygen atoms in total. The highest BCUT2D eigenvalue weighted by Gasteiger charge is 2.29. The predicted molar refractivity (Wildman–Crippen MR) is 71.7 cm³/mol. The van der Waals surface area contributed by atoms with Gasteiger partial charge in [-0.1, -0.05) is 12.1 Å². The number of carbonyl (C=O) groups excluding carboxylic acids is 1. The fraction of sp³-hybridized carbons (Fsp3) is 0.500. The second kappa shape index (κ2) is 5.50. The number of ether oxygens (including phenoxy) is 1. The molecule has 0 saturated carbocycles. The molecular weight excluding hydrogens is 228 g/mol. The van der Waals surface area contributed by atoms with Crippen LogP contribution in [0.3, 0.4) is 0 Å². The number of amides is 1. The summed E-state index contributed by atoms with van der Waals surface area (Å²) in [6.07, 6.45) is 0.949. The summed E-state index contributed by atoms with van der Waals surface area (Å²) in [7, 11) is 0. The van der Waals surface area contributed by atoms with Crippen LogP contribution in [0.25, 0.3) is 0 Å². The maximum absolute atomic E-state index is 11.8. The van der Waals surface area contributed by atoms with E-state index in [4.69, 9.17) is 4.74 Å². The Hall–Kier alpha value is -1.39. The minimum Gasteiger partial charge on any atom is -0.379 e. The fourth-order valence-electron chi connectivity index (χ4n) is 2.03. The molecule has 2 rings (SSSR count). The van der Waals surface area contributed by atoms with Crippen LogP contribution in [0, 0.1) is 6.92 Å². The third kappa shape index (κ3) is 3.55. The van der Waals surface area contributed by atoms with E-state index in [1.54, 1.807) is 0 Å². The number of rotatable bonds is 4. The van der Waals surface area contributed by atoms with Crippen molar-refractivity contribution >= 4 is 11.6 Å². The molecule has 1 fully saturated rings. The molecule has 1 aliphatic rings. The zero-order chi connectivity index (χ0) is 13.0. The van der Waals surface area contributed by atoms with Gasteiger partial charge >= 0.3 is 0 Å². The lowest BCUT2D eigenvalue weighted by Gasteiger charge is -2.23. The van der Waals surface area contributed by atoms with Crippen molar-refractivity contribution in [3.8, 4) is 0 Å². The van der Waals surface area contributed by atoms with Crippen LogP contribution in [0.2, 0.25) is 0 Å². The van der Waals surface area contributed by atoms with Crippen molar-refractivity contribution in [1.82, 2.24) is 5.32 Å². The summed E-state index contributed by atoms with van der Waals surface area (Å²) in [6, 6.07) is 7.79. The van der Waals surface area contributed by atoms with Crippen molar-refractivity contribution in [2.24, 2.45) is 0 Å². The summed E-state index contributed by atoms with van der Waals surface area (Å²) in [5.74, 6) is -0.0197. The molecule has 0 spiro atoms. The number of aryl methyl sites for hydroxylation is 1. The van der Waals surface area contributed by atoms with E-state index in [-0.39, 0.29) is 11.4 Å². The summed E-state index contributed by atoms with van der Waals surface area (Å²) in [6.45, 7) is 5.84. The van der Waals surface area contributed by atoms with E-state index in [1.165, 1.54) is 0 Å². The van der Waals surface area contributed by atoms with Crippen LogP contribution in [0.15, 0.2) is 24.3 Å². The van der Waals surface area contributed by atoms with Crippen molar-refractivity contribution in [3.63, 3.8) is 0 Å². The van der Waals surface area contributed by atoms with E-state index in [2.05, 4.69) is 17.6 Å². The second-order valence-corrected chi connectivity index (χ2v) is 5.13. The highest BCUT2D eigenvalue weighted by Crippen LogP contribution is 2.17. The van der Waals surface area contributed by atoms with Gasteiger partial charge < -0.3 is 15.4 Å². The Morgan fingerprint density at radius 3 is 3.00 bits per heavy atom. The number of hydrogen-bond acceptors (Lipinski definition) is 3. The molecule has 1 aliphatic heterocycles. The predicted octanol–water partition coefficient (Wildman–Crippen LogP) is 1.70. The zero-order valence-corrected chi connectivity index (χ0v) is 11.0. The Labute approximate surface area is 108 Å². The Morgan fingerprint density at radius 2 is 2.33 bits per heavy atom. The van der Waals surface area contributed by atoms with E-state index in [9.17, 15) is 4.79 Å². The third-order valence-electron chi connectivity index (χ3n) is 3.20. The van der Waals surface area contributed by atoms with Crippen LogP contribution in [-0.4, -0.2) is 31.2 Å². The molecule has 0 radical (unpaired) electrons. The van der Waals surface area contributed by atoms with E-state index in [0.29, 0.717) is 13.2 Å². The van der Waals surface area contributed by atoms with Crippen LogP contribution in [0.1, 0.15) is 18.9 Å². The maximum Gasteiger partial charge on any atom is 0.238 e. The number of anilines is 1. The summed E-state index contributed by atoms with van der Waals surface area (Å²) in [5, 5.41) is 6.14. The summed E-state index contributed by atoms with van der Waals surface area (Å²) in [4.78, 5) is 11.8. The Balaban J connectivity index is 1.82. The number of carbonyl (C=O) groups is 1. The van der Waals surface area contributed by atoms with Crippen LogP contribution in [-0.2, 0) is 9.53 Å². The van der Waals surface area contributed by atoms with Gasteiger partial charge in [0.05, 0.1) is 13.2 Å². The number of benzene rings is 1. The molecule has 0 aromatic heterocycles. The van der Waals surface area contributed by atoms with Crippen LogP contribution < -0.4 is 10.6 Å². The molecule has 1 aromatic rings. The Kier molecular flexibility index (Phi) is 3.99. The average molecular weight is 248 g/mol. The molecule has 1 atom stereocenters. The maximum atomic E-state index is 11.8. The first-order valence-electron chi connectivity index (χ1n) is 6.27. The first kappa shape index (κ1) is 13.1. The molecule has 2 N–H and O–H groups in total. The molecule has 0 bridgehead atoms. The monoisotopic (exact) mass is 248 g/mol. The minimum atomic E-state index is -0.0655. The smallest absolute Gasteiger partial charge is 0.238 e. The number of nitrogens with one attached hydrogen (secondary N) is 2. The molecule has 4 heteroatoms. The Bertz CT molecular complexity index is 426. The molecule has 18 heavy (non-hydrogen) atoms. The van der Waals surface area contributed by atoms with E-state index >= 15 is 0 Å². The van der Waals surface area contributed by atoms with E-state index in [0.717, 1.165) is 24.3 Å². The summed E-state index contributed by atoms with van der Waals surface area (Å²) in [5.41, 5.74) is 1.91. The van der Waals surface area contributed by atoms with Gasteiger partial charge in [-0.3, -0.25) is 4.79 Å². The third-order valence-corrected chi connectivity index (χ3v) is 3.20. The van der Waals surface area contributed by atoms with Gasteiger partial charge in [-0.25, -0.2) is 0 Å². The van der Waals surface area contributed by atoms with Gasteiger partial charge in [-0.15, -0.1) is 0 Å². The molecule has 1 amide bonds. The molecule has 0 aliphatic carbocycles. The van der Waals surface area contributed by atoms with Crippen LogP contribution in [0.5, 0.6) is 0 Å². The molecule has 1 aromatic carbocycles. The molecule has 1 unspecified atom stereocenters. The highest BCUT2D eigenvalue weighted by atomic mass is 16.5. The zero-order valence-electron chi connectivity index (χ0n) is 11.0. The normalized spacial score (nSPS) is 23.0. The molecular formula is C14H20N2O2. The SMILES string of the molecule is Cc1cccc(NC(=O)CNC2(C)CCOC2)c1. The highest BCUT2D eigenvalue weighted by molar-refractivity contribution is 5.92. The van der Waals surface area contributed by atoms with E-state index in [1.807, 2.05) is 31.2 Å². The molecule has 98 valence electrons. The Morgan fingerprint density at radius 1 is 1.50 bits per heavy atom. The van der Waals surface area contributed by atoms with Gasteiger partial charge in [0.25, 0.3) is 0 Å². The fourth-order valence-corrected chi connectivity index (χ4v) is 2.03. The minimum absolute atomic E-state index is 0.0197. The average Bonchev–Trinajstić information content (AvgIpc) is 2.74. The lowest BCUT2D eigenvalue weighted by atomic mass is 10.0. The van der Waals surface area contributed by atoms with E-state index < -0.39 is 0 Å². The summed E-state index contributed by atoms with van der Waals surface area (Å²) < 4.78 is 5.33. The topological polar surface area (TPSA) is 50.4 Å². The quantitative estimate of drug-likeness (QED) is 0.852. The van der Waals surface area contributed by atoms with Gasteiger partial charge in [-0.2, -0.15) is 0 Å². The van der Waals surface area contributed by atoms with Gasteiger partial charge in [0.1, 0.15) is 0 Å². The van der Waals surface area contributed by atoms with Gasteiger partial charge in [0.15, 0.2) is 0 Å². The van der Waals surface area contributed by atoms with Gasteiger partial charge in [0, 0.05) is 17.8 Å². The standard InChI is InChI=1S/C14H20N2O2/c1-11-4-3-5-12(8-11)16-13(17)9-15-14(2)6-7-18-10-14/h3-5,8,15H,6-7,9-10H2,1-2H3,(H,16,17).